The van der Waals surface area contributed by atoms with Gasteiger partial charge in [0.05, 0.1) is 0 Å². The van der Waals surface area contributed by atoms with Crippen molar-refractivity contribution in [3.05, 3.63) is 0 Å². The standard InChI is InChI=1S/C9H18S/c1-9(2,3)8-4-6-10-7-5-8/h8H,4-7H2,1-3H3/p+1. The van der Waals surface area contributed by atoms with Crippen molar-refractivity contribution in [2.24, 2.45) is 11.3 Å². The van der Waals surface area contributed by atoms with Crippen LogP contribution in [0.25, 0.3) is 0 Å². The lowest BCUT2D eigenvalue weighted by atomic mass is 9.77. The lowest BCUT2D eigenvalue weighted by Crippen LogP contribution is -2.26. The highest BCUT2D eigenvalue weighted by Gasteiger charge is 2.28. The van der Waals surface area contributed by atoms with Crippen molar-refractivity contribution < 1.29 is 0 Å². The zero-order valence-electron chi connectivity index (χ0n) is 7.35. The lowest BCUT2D eigenvalue weighted by Gasteiger charge is -2.31. The van der Waals surface area contributed by atoms with Gasteiger partial charge in [-0.05, 0) is 35.9 Å². The summed E-state index contributed by atoms with van der Waals surface area (Å²) in [5, 5.41) is 0. The van der Waals surface area contributed by atoms with E-state index in [0.29, 0.717) is 5.41 Å². The molecule has 0 N–H and O–H groups in total. The molecule has 0 aromatic carbocycles. The van der Waals surface area contributed by atoms with Crippen molar-refractivity contribution in [3.63, 3.8) is 0 Å². The molecule has 0 nitrogen and oxygen atoms in total. The van der Waals surface area contributed by atoms with Gasteiger partial charge < -0.3 is 0 Å². The van der Waals surface area contributed by atoms with Crippen molar-refractivity contribution in [2.45, 2.75) is 33.6 Å². The molecule has 0 atom stereocenters. The molecule has 60 valence electrons. The molecule has 1 saturated heterocycles. The van der Waals surface area contributed by atoms with Gasteiger partial charge in [0, 0.05) is 0 Å². The first-order chi connectivity index (χ1) is 4.61. The minimum absolute atomic E-state index is 0.565. The van der Waals surface area contributed by atoms with Crippen LogP contribution in [-0.2, 0) is 11.8 Å². The molecule has 1 fully saturated rings. The summed E-state index contributed by atoms with van der Waals surface area (Å²) in [6.07, 6.45) is 2.93. The fourth-order valence-corrected chi connectivity index (χ4v) is 2.83. The highest BCUT2D eigenvalue weighted by molar-refractivity contribution is 7.78. The first-order valence-electron chi connectivity index (χ1n) is 4.24. The third kappa shape index (κ3) is 2.19. The molecule has 1 heterocycles. The Morgan fingerprint density at radius 3 is 1.90 bits per heavy atom. The zero-order valence-corrected chi connectivity index (χ0v) is 8.25. The third-order valence-electron chi connectivity index (χ3n) is 2.50. The van der Waals surface area contributed by atoms with Crippen LogP contribution in [-0.4, -0.2) is 11.5 Å². The molecule has 0 radical (unpaired) electrons. The van der Waals surface area contributed by atoms with Crippen LogP contribution in [0.3, 0.4) is 0 Å². The fourth-order valence-electron chi connectivity index (χ4n) is 1.62. The Kier molecular flexibility index (Phi) is 2.67. The molecule has 0 saturated carbocycles. The van der Waals surface area contributed by atoms with E-state index in [2.05, 4.69) is 20.8 Å². The number of rotatable bonds is 0. The van der Waals surface area contributed by atoms with Gasteiger partial charge in [-0.3, -0.25) is 0 Å². The minimum Gasteiger partial charge on any atom is -0.0599 e. The highest BCUT2D eigenvalue weighted by atomic mass is 32.2. The molecule has 0 aromatic rings. The average Bonchev–Trinajstić information content (AvgIpc) is 1.88. The molecule has 1 heteroatoms. The minimum atomic E-state index is 0.565. The lowest BCUT2D eigenvalue weighted by molar-refractivity contribution is 0.225. The van der Waals surface area contributed by atoms with Gasteiger partial charge in [0.1, 0.15) is 11.5 Å². The Labute approximate surface area is 68.8 Å². The summed E-state index contributed by atoms with van der Waals surface area (Å²) in [6.45, 7) is 7.12. The molecule has 10 heavy (non-hydrogen) atoms. The van der Waals surface area contributed by atoms with Crippen molar-refractivity contribution in [1.82, 2.24) is 0 Å². The molecule has 0 spiro atoms. The van der Waals surface area contributed by atoms with Crippen LogP contribution in [0.15, 0.2) is 0 Å². The summed E-state index contributed by atoms with van der Waals surface area (Å²) in [7, 11) is 0. The van der Waals surface area contributed by atoms with E-state index < -0.39 is 0 Å². The molecular weight excluding hydrogens is 140 g/mol. The first-order valence-corrected chi connectivity index (χ1v) is 5.50. The normalized spacial score (nSPS) is 23.1. The third-order valence-corrected chi connectivity index (χ3v) is 3.64. The maximum atomic E-state index is 2.37. The number of thiol groups is 1. The van der Waals surface area contributed by atoms with Crippen LogP contribution in [0.2, 0.25) is 0 Å². The Morgan fingerprint density at radius 2 is 1.60 bits per heavy atom. The molecule has 0 aliphatic carbocycles. The van der Waals surface area contributed by atoms with Crippen LogP contribution >= 0.6 is 0 Å². The van der Waals surface area contributed by atoms with Crippen LogP contribution in [0.5, 0.6) is 0 Å². The van der Waals surface area contributed by atoms with Crippen molar-refractivity contribution >= 4 is 11.8 Å². The Balaban J connectivity index is 2.39. The van der Waals surface area contributed by atoms with Gasteiger partial charge in [-0.2, -0.15) is 0 Å². The van der Waals surface area contributed by atoms with E-state index in [1.54, 1.807) is 11.8 Å². The number of hydrogen-bond donors (Lipinski definition) is 0. The van der Waals surface area contributed by atoms with E-state index >= 15 is 0 Å². The Hall–Kier alpha value is 0.350. The molecule has 0 aromatic heterocycles. The second kappa shape index (κ2) is 3.17. The van der Waals surface area contributed by atoms with Crippen LogP contribution in [0, 0.1) is 11.3 Å². The first kappa shape index (κ1) is 8.45. The molecule has 1 rings (SSSR count). The number of hydrogen-bond acceptors (Lipinski definition) is 0. The summed E-state index contributed by atoms with van der Waals surface area (Å²) in [6, 6.07) is 0. The van der Waals surface area contributed by atoms with E-state index in [0.717, 1.165) is 5.92 Å². The highest BCUT2D eigenvalue weighted by Crippen LogP contribution is 2.33. The predicted molar refractivity (Wildman–Crippen MR) is 50.7 cm³/mol. The summed E-state index contributed by atoms with van der Waals surface area (Å²) in [5.74, 6) is 3.89. The molecular formula is C9H19S+. The van der Waals surface area contributed by atoms with E-state index in [1.807, 2.05) is 0 Å². The molecule has 1 aliphatic rings. The largest absolute Gasteiger partial charge is 0.106 e. The van der Waals surface area contributed by atoms with Gasteiger partial charge in [-0.15, -0.1) is 0 Å². The van der Waals surface area contributed by atoms with Crippen molar-refractivity contribution in [2.75, 3.05) is 11.5 Å². The van der Waals surface area contributed by atoms with E-state index in [1.165, 1.54) is 24.3 Å². The van der Waals surface area contributed by atoms with Crippen LogP contribution < -0.4 is 0 Å². The molecule has 0 bridgehead atoms. The monoisotopic (exact) mass is 159 g/mol. The van der Waals surface area contributed by atoms with Gasteiger partial charge >= 0.3 is 0 Å². The van der Waals surface area contributed by atoms with Gasteiger partial charge in [0.2, 0.25) is 0 Å². The van der Waals surface area contributed by atoms with E-state index in [-0.39, 0.29) is 0 Å². The van der Waals surface area contributed by atoms with Crippen LogP contribution in [0.4, 0.5) is 0 Å². The smallest absolute Gasteiger partial charge is 0.0599 e. The summed E-state index contributed by atoms with van der Waals surface area (Å²) in [5.41, 5.74) is 0.565. The van der Waals surface area contributed by atoms with Gasteiger partial charge in [-0.1, -0.05) is 20.8 Å². The van der Waals surface area contributed by atoms with Crippen molar-refractivity contribution in [3.8, 4) is 0 Å². The van der Waals surface area contributed by atoms with Gasteiger partial charge in [-0.25, -0.2) is 0 Å². The quantitative estimate of drug-likeness (QED) is 0.376. The van der Waals surface area contributed by atoms with Crippen molar-refractivity contribution in [1.29, 1.82) is 0 Å². The molecule has 1 aliphatic heterocycles. The predicted octanol–water partition coefficient (Wildman–Crippen LogP) is 2.26. The van der Waals surface area contributed by atoms with E-state index in [4.69, 9.17) is 0 Å². The zero-order chi connectivity index (χ0) is 7.61. The topological polar surface area (TPSA) is 0 Å². The maximum Gasteiger partial charge on any atom is 0.106 e. The van der Waals surface area contributed by atoms with Gasteiger partial charge in [0.15, 0.2) is 0 Å². The van der Waals surface area contributed by atoms with E-state index in [9.17, 15) is 0 Å². The second-order valence-corrected chi connectivity index (χ2v) is 5.65. The fraction of sp³-hybridized carbons (Fsp3) is 1.00. The maximum absolute atomic E-state index is 2.37. The summed E-state index contributed by atoms with van der Waals surface area (Å²) < 4.78 is 0. The summed E-state index contributed by atoms with van der Waals surface area (Å²) >= 11 is 1.69. The SMILES string of the molecule is CC(C)(C)C1CC[SH+]CC1. The molecule has 0 amide bonds. The molecule has 0 unspecified atom stereocenters. The summed E-state index contributed by atoms with van der Waals surface area (Å²) in [4.78, 5) is 0. The Bertz CT molecular complexity index is 95.8. The Morgan fingerprint density at radius 1 is 1.10 bits per heavy atom. The van der Waals surface area contributed by atoms with Crippen LogP contribution in [0.1, 0.15) is 33.6 Å². The average molecular weight is 159 g/mol. The van der Waals surface area contributed by atoms with Gasteiger partial charge in [0.25, 0.3) is 0 Å². The second-order valence-electron chi connectivity index (χ2n) is 4.31.